The molecular weight excluding hydrogens is 140 g/mol. The molecule has 0 heterocycles. The molecule has 11 heavy (non-hydrogen) atoms. The summed E-state index contributed by atoms with van der Waals surface area (Å²) in [5.74, 6) is -0.418. The molecule has 2 atom stereocenters. The van der Waals surface area contributed by atoms with Gasteiger partial charge in [-0.15, -0.1) is 0 Å². The van der Waals surface area contributed by atoms with E-state index in [0.29, 0.717) is 5.92 Å². The first-order chi connectivity index (χ1) is 5.22. The SMILES string of the molecule is C[C@H](C(=O)O)C1C[CH]CCC1. The first-order valence-electron chi connectivity index (χ1n) is 4.26. The molecule has 1 N–H and O–H groups in total. The Morgan fingerprint density at radius 1 is 1.73 bits per heavy atom. The summed E-state index contributed by atoms with van der Waals surface area (Å²) in [6.45, 7) is 1.81. The fraction of sp³-hybridized carbons (Fsp3) is 0.778. The van der Waals surface area contributed by atoms with E-state index in [1.807, 2.05) is 6.92 Å². The summed E-state index contributed by atoms with van der Waals surface area (Å²) in [7, 11) is 0. The number of carboxylic acids is 1. The summed E-state index contributed by atoms with van der Waals surface area (Å²) in [6, 6.07) is 0. The molecule has 1 saturated carbocycles. The van der Waals surface area contributed by atoms with Gasteiger partial charge in [-0.25, -0.2) is 0 Å². The molecule has 1 radical (unpaired) electrons. The van der Waals surface area contributed by atoms with Gasteiger partial charge in [-0.2, -0.15) is 0 Å². The largest absolute Gasteiger partial charge is 0.481 e. The second-order valence-corrected chi connectivity index (χ2v) is 3.34. The van der Waals surface area contributed by atoms with Crippen molar-refractivity contribution in [2.45, 2.75) is 32.6 Å². The van der Waals surface area contributed by atoms with E-state index in [9.17, 15) is 4.79 Å². The zero-order valence-corrected chi connectivity index (χ0v) is 6.92. The third-order valence-electron chi connectivity index (χ3n) is 2.55. The van der Waals surface area contributed by atoms with Crippen LogP contribution in [0, 0.1) is 18.3 Å². The van der Waals surface area contributed by atoms with Crippen molar-refractivity contribution in [3.8, 4) is 0 Å². The molecule has 2 heteroatoms. The van der Waals surface area contributed by atoms with Crippen molar-refractivity contribution in [3.05, 3.63) is 6.42 Å². The predicted octanol–water partition coefficient (Wildman–Crippen LogP) is 2.10. The van der Waals surface area contributed by atoms with Gasteiger partial charge in [0.25, 0.3) is 0 Å². The lowest BCUT2D eigenvalue weighted by Gasteiger charge is -2.24. The maximum atomic E-state index is 10.6. The van der Waals surface area contributed by atoms with E-state index in [1.54, 1.807) is 0 Å². The Labute approximate surface area is 67.6 Å². The standard InChI is InChI=1S/C9H15O2/c1-7(9(10)11)8-5-3-2-4-6-8/h3,7-8H,2,4-6H2,1H3,(H,10,11)/t7-,8?/m0/s1. The fourth-order valence-corrected chi connectivity index (χ4v) is 1.63. The van der Waals surface area contributed by atoms with Crippen LogP contribution in [0.2, 0.25) is 0 Å². The van der Waals surface area contributed by atoms with Gasteiger partial charge in [0.05, 0.1) is 5.92 Å². The van der Waals surface area contributed by atoms with Gasteiger partial charge in [0.2, 0.25) is 0 Å². The van der Waals surface area contributed by atoms with Gasteiger partial charge in [0.1, 0.15) is 0 Å². The Morgan fingerprint density at radius 3 is 2.91 bits per heavy atom. The van der Waals surface area contributed by atoms with Crippen molar-refractivity contribution in [2.24, 2.45) is 11.8 Å². The number of carbonyl (C=O) groups is 1. The third kappa shape index (κ3) is 2.21. The van der Waals surface area contributed by atoms with E-state index in [2.05, 4.69) is 6.42 Å². The number of aliphatic carboxylic acids is 1. The molecular formula is C9H15O2. The number of hydrogen-bond donors (Lipinski definition) is 1. The maximum Gasteiger partial charge on any atom is 0.306 e. The normalized spacial score (nSPS) is 23.0. The number of carboxylic acid groups (broad SMARTS) is 1. The minimum absolute atomic E-state index is 0.161. The molecule has 0 spiro atoms. The van der Waals surface area contributed by atoms with Crippen molar-refractivity contribution in [3.63, 3.8) is 0 Å². The molecule has 0 bridgehead atoms. The molecule has 0 aromatic rings. The highest BCUT2D eigenvalue weighted by molar-refractivity contribution is 5.69. The highest BCUT2D eigenvalue weighted by atomic mass is 16.4. The van der Waals surface area contributed by atoms with Crippen LogP contribution in [0.15, 0.2) is 0 Å². The Hall–Kier alpha value is -0.530. The molecule has 2 nitrogen and oxygen atoms in total. The van der Waals surface area contributed by atoms with E-state index < -0.39 is 5.97 Å². The van der Waals surface area contributed by atoms with Crippen molar-refractivity contribution >= 4 is 5.97 Å². The molecule has 1 rings (SSSR count). The summed E-state index contributed by atoms with van der Waals surface area (Å²) in [5.41, 5.74) is 0. The van der Waals surface area contributed by atoms with Gasteiger partial charge in [0.15, 0.2) is 0 Å². The maximum absolute atomic E-state index is 10.6. The second kappa shape index (κ2) is 3.74. The quantitative estimate of drug-likeness (QED) is 0.663. The Bertz CT molecular complexity index is 136. The molecule has 1 unspecified atom stereocenters. The van der Waals surface area contributed by atoms with Crippen LogP contribution >= 0.6 is 0 Å². The summed E-state index contributed by atoms with van der Waals surface area (Å²) in [4.78, 5) is 10.6. The third-order valence-corrected chi connectivity index (χ3v) is 2.55. The summed E-state index contributed by atoms with van der Waals surface area (Å²) < 4.78 is 0. The first kappa shape index (κ1) is 8.57. The minimum Gasteiger partial charge on any atom is -0.481 e. The van der Waals surface area contributed by atoms with E-state index >= 15 is 0 Å². The smallest absolute Gasteiger partial charge is 0.306 e. The lowest BCUT2D eigenvalue weighted by Crippen LogP contribution is -2.22. The predicted molar refractivity (Wildman–Crippen MR) is 43.1 cm³/mol. The van der Waals surface area contributed by atoms with Gasteiger partial charge >= 0.3 is 5.97 Å². The van der Waals surface area contributed by atoms with Gasteiger partial charge in [-0.3, -0.25) is 4.79 Å². The lowest BCUT2D eigenvalue weighted by molar-refractivity contribution is -0.143. The first-order valence-corrected chi connectivity index (χ1v) is 4.26. The van der Waals surface area contributed by atoms with Crippen LogP contribution in [0.1, 0.15) is 32.6 Å². The monoisotopic (exact) mass is 155 g/mol. The van der Waals surface area contributed by atoms with Crippen LogP contribution in [0.5, 0.6) is 0 Å². The molecule has 0 saturated heterocycles. The highest BCUT2D eigenvalue weighted by Gasteiger charge is 2.24. The zero-order chi connectivity index (χ0) is 8.27. The van der Waals surface area contributed by atoms with Crippen molar-refractivity contribution in [1.29, 1.82) is 0 Å². The highest BCUT2D eigenvalue weighted by Crippen LogP contribution is 2.29. The van der Waals surface area contributed by atoms with Gasteiger partial charge in [-0.05, 0) is 25.2 Å². The van der Waals surface area contributed by atoms with Gasteiger partial charge < -0.3 is 5.11 Å². The van der Waals surface area contributed by atoms with Crippen LogP contribution in [0.4, 0.5) is 0 Å². The molecule has 1 aliphatic carbocycles. The summed E-state index contributed by atoms with van der Waals surface area (Å²) in [6.07, 6.45) is 6.64. The average Bonchev–Trinajstić information content (AvgIpc) is 2.05. The van der Waals surface area contributed by atoms with Crippen LogP contribution in [0.25, 0.3) is 0 Å². The van der Waals surface area contributed by atoms with E-state index in [1.165, 1.54) is 12.8 Å². The second-order valence-electron chi connectivity index (χ2n) is 3.34. The lowest BCUT2D eigenvalue weighted by atomic mass is 9.81. The topological polar surface area (TPSA) is 37.3 Å². The molecule has 1 aliphatic rings. The van der Waals surface area contributed by atoms with Gasteiger partial charge in [-0.1, -0.05) is 19.8 Å². The van der Waals surface area contributed by atoms with Crippen LogP contribution in [-0.2, 0) is 4.79 Å². The minimum atomic E-state index is -0.648. The van der Waals surface area contributed by atoms with Crippen LogP contribution < -0.4 is 0 Å². The molecule has 0 aliphatic heterocycles. The average molecular weight is 155 g/mol. The van der Waals surface area contributed by atoms with E-state index in [4.69, 9.17) is 5.11 Å². The zero-order valence-electron chi connectivity index (χ0n) is 6.92. The molecule has 0 aromatic carbocycles. The molecule has 0 aromatic heterocycles. The van der Waals surface area contributed by atoms with Crippen molar-refractivity contribution < 1.29 is 9.90 Å². The fourth-order valence-electron chi connectivity index (χ4n) is 1.63. The van der Waals surface area contributed by atoms with Crippen molar-refractivity contribution in [2.75, 3.05) is 0 Å². The molecule has 1 fully saturated rings. The summed E-state index contributed by atoms with van der Waals surface area (Å²) in [5, 5.41) is 8.72. The Balaban J connectivity index is 2.38. The van der Waals surface area contributed by atoms with Crippen molar-refractivity contribution in [1.82, 2.24) is 0 Å². The Kier molecular flexibility index (Phi) is 2.92. The number of hydrogen-bond acceptors (Lipinski definition) is 1. The summed E-state index contributed by atoms with van der Waals surface area (Å²) >= 11 is 0. The van der Waals surface area contributed by atoms with Gasteiger partial charge in [0, 0.05) is 0 Å². The van der Waals surface area contributed by atoms with Crippen LogP contribution in [0.3, 0.4) is 0 Å². The van der Waals surface area contributed by atoms with Crippen LogP contribution in [-0.4, -0.2) is 11.1 Å². The molecule has 0 amide bonds. The molecule has 63 valence electrons. The number of rotatable bonds is 2. The van der Waals surface area contributed by atoms with E-state index in [-0.39, 0.29) is 5.92 Å². The van der Waals surface area contributed by atoms with E-state index in [0.717, 1.165) is 12.8 Å². The Morgan fingerprint density at radius 2 is 2.45 bits per heavy atom.